The lowest BCUT2D eigenvalue weighted by Gasteiger charge is -2.19. The highest BCUT2D eigenvalue weighted by Gasteiger charge is 2.37. The van der Waals surface area contributed by atoms with Crippen molar-refractivity contribution in [3.8, 4) is 11.8 Å². The van der Waals surface area contributed by atoms with Crippen LogP contribution in [0.4, 0.5) is 11.6 Å². The molecule has 2 amide bonds. The number of nitrogens with zero attached hydrogens (tertiary/aromatic N) is 2. The summed E-state index contributed by atoms with van der Waals surface area (Å²) in [5.41, 5.74) is 0.586. The van der Waals surface area contributed by atoms with Crippen molar-refractivity contribution in [2.45, 2.75) is 20.3 Å². The maximum atomic E-state index is 12.7. The molecule has 1 N–H and O–H groups in total. The summed E-state index contributed by atoms with van der Waals surface area (Å²) in [6.07, 6.45) is -0.0252. The van der Waals surface area contributed by atoms with E-state index in [2.05, 4.69) is 5.32 Å². The summed E-state index contributed by atoms with van der Waals surface area (Å²) in [4.78, 5) is 38.4. The van der Waals surface area contributed by atoms with Crippen LogP contribution in [0.25, 0.3) is 0 Å². The molecule has 9 heteroatoms. The van der Waals surface area contributed by atoms with E-state index in [1.54, 1.807) is 25.1 Å². The van der Waals surface area contributed by atoms with Gasteiger partial charge in [-0.1, -0.05) is 11.6 Å². The van der Waals surface area contributed by atoms with Gasteiger partial charge in [0.2, 0.25) is 17.7 Å². The van der Waals surface area contributed by atoms with Gasteiger partial charge in [-0.15, -0.1) is 0 Å². The van der Waals surface area contributed by atoms with Crippen molar-refractivity contribution in [2.75, 3.05) is 23.9 Å². The lowest BCUT2D eigenvalue weighted by molar-refractivity contribution is -0.122. The molecule has 0 bridgehead atoms. The van der Waals surface area contributed by atoms with Gasteiger partial charge in [-0.3, -0.25) is 19.7 Å². The first-order valence-electron chi connectivity index (χ1n) is 8.76. The predicted molar refractivity (Wildman–Crippen MR) is 105 cm³/mol. The summed E-state index contributed by atoms with van der Waals surface area (Å²) < 4.78 is 10.7. The second kappa shape index (κ2) is 7.97. The minimum Gasteiger partial charge on any atom is -0.495 e. The molecule has 1 atom stereocenters. The monoisotopic (exact) mass is 415 g/mol. The van der Waals surface area contributed by atoms with Crippen LogP contribution in [0.1, 0.15) is 35.0 Å². The van der Waals surface area contributed by atoms with Crippen molar-refractivity contribution >= 4 is 40.8 Å². The number of nitrogens with one attached hydrogen (secondary N) is 1. The van der Waals surface area contributed by atoms with Gasteiger partial charge in [-0.25, -0.2) is 0 Å². The number of amides is 2. The summed E-state index contributed by atoms with van der Waals surface area (Å²) in [5.74, 6) is -1.14. The number of rotatable bonds is 5. The number of aryl methyl sites for hydroxylation is 1. The van der Waals surface area contributed by atoms with Crippen LogP contribution in [0.15, 0.2) is 22.6 Å². The number of hydrogen-bond acceptors (Lipinski definition) is 6. The minimum atomic E-state index is -0.677. The lowest BCUT2D eigenvalue weighted by Crippen LogP contribution is -2.28. The van der Waals surface area contributed by atoms with Crippen LogP contribution in [0, 0.1) is 24.2 Å². The molecule has 2 aromatic rings. The largest absolute Gasteiger partial charge is 0.495 e. The Balaban J connectivity index is 1.82. The van der Waals surface area contributed by atoms with Crippen LogP contribution < -0.4 is 15.0 Å². The van der Waals surface area contributed by atoms with Crippen LogP contribution in [0.2, 0.25) is 5.02 Å². The van der Waals surface area contributed by atoms with Crippen LogP contribution in [-0.2, 0) is 9.59 Å². The van der Waals surface area contributed by atoms with E-state index in [0.717, 1.165) is 0 Å². The molecule has 1 aliphatic rings. The van der Waals surface area contributed by atoms with Crippen molar-refractivity contribution < 1.29 is 23.5 Å². The summed E-state index contributed by atoms with van der Waals surface area (Å²) in [5, 5.41) is 12.3. The van der Waals surface area contributed by atoms with Gasteiger partial charge in [-0.05, 0) is 32.0 Å². The Morgan fingerprint density at radius 2 is 2.14 bits per heavy atom. The minimum absolute atomic E-state index is 0.0252. The second-order valence-corrected chi connectivity index (χ2v) is 7.05. The number of carbonyl (C=O) groups is 3. The van der Waals surface area contributed by atoms with Gasteiger partial charge >= 0.3 is 0 Å². The highest BCUT2D eigenvalue weighted by atomic mass is 35.5. The summed E-state index contributed by atoms with van der Waals surface area (Å²) in [6.45, 7) is 2.97. The van der Waals surface area contributed by atoms with Gasteiger partial charge in [0, 0.05) is 18.0 Å². The molecule has 3 rings (SSSR count). The third-order valence-corrected chi connectivity index (χ3v) is 4.95. The fourth-order valence-corrected chi connectivity index (χ4v) is 3.53. The Hall–Kier alpha value is -3.31. The van der Waals surface area contributed by atoms with Crippen molar-refractivity contribution in [1.82, 2.24) is 0 Å². The number of Topliss-reactive ketones (excluding diaryl/α,β-unsaturated/α-hetero) is 1. The maximum absolute atomic E-state index is 12.7. The molecule has 1 unspecified atom stereocenters. The van der Waals surface area contributed by atoms with E-state index in [1.165, 1.54) is 18.9 Å². The molecule has 1 aromatic carbocycles. The number of methoxy groups -OCH3 is 1. The van der Waals surface area contributed by atoms with E-state index >= 15 is 0 Å². The number of ketones is 1. The number of furan rings is 1. The number of nitriles is 1. The van der Waals surface area contributed by atoms with E-state index in [4.69, 9.17) is 20.8 Å². The molecule has 1 saturated heterocycles. The fraction of sp³-hybridized carbons (Fsp3) is 0.300. The zero-order valence-corrected chi connectivity index (χ0v) is 16.8. The Morgan fingerprint density at radius 3 is 2.76 bits per heavy atom. The Morgan fingerprint density at radius 1 is 1.41 bits per heavy atom. The van der Waals surface area contributed by atoms with Crippen LogP contribution >= 0.6 is 11.6 Å². The van der Waals surface area contributed by atoms with Crippen molar-refractivity contribution in [3.63, 3.8) is 0 Å². The molecule has 29 heavy (non-hydrogen) atoms. The number of hydrogen-bond donors (Lipinski definition) is 1. The van der Waals surface area contributed by atoms with Gasteiger partial charge in [0.1, 0.15) is 23.1 Å². The highest BCUT2D eigenvalue weighted by molar-refractivity contribution is 6.31. The molecule has 8 nitrogen and oxygen atoms in total. The molecule has 0 spiro atoms. The Kier molecular flexibility index (Phi) is 5.62. The molecule has 0 aliphatic carbocycles. The number of benzene rings is 1. The van der Waals surface area contributed by atoms with Gasteiger partial charge in [0.05, 0.1) is 24.3 Å². The normalized spacial score (nSPS) is 15.9. The van der Waals surface area contributed by atoms with Crippen LogP contribution in [0.3, 0.4) is 0 Å². The highest BCUT2D eigenvalue weighted by Crippen LogP contribution is 2.36. The molecule has 150 valence electrons. The van der Waals surface area contributed by atoms with Crippen molar-refractivity contribution in [3.05, 3.63) is 40.1 Å². The average molecular weight is 416 g/mol. The molecule has 1 fully saturated rings. The predicted octanol–water partition coefficient (Wildman–Crippen LogP) is 3.32. The lowest BCUT2D eigenvalue weighted by atomic mass is 10.1. The third kappa shape index (κ3) is 3.82. The van der Waals surface area contributed by atoms with E-state index < -0.39 is 11.8 Å². The first-order chi connectivity index (χ1) is 13.8. The number of anilines is 2. The topological polar surface area (TPSA) is 113 Å². The molecular weight excluding hydrogens is 398 g/mol. The third-order valence-electron chi connectivity index (χ3n) is 4.71. The molecule has 1 aromatic heterocycles. The molecule has 0 saturated carbocycles. The molecular formula is C20H18ClN3O5. The van der Waals surface area contributed by atoms with Crippen molar-refractivity contribution in [2.24, 2.45) is 5.92 Å². The Labute approximate surface area is 172 Å². The molecule has 0 radical (unpaired) electrons. The van der Waals surface area contributed by atoms with E-state index in [1.807, 2.05) is 6.07 Å². The molecule has 1 aliphatic heterocycles. The standard InChI is InChI=1S/C20H18ClN3O5/c1-10(25)18-11(2)29-20(14(18)8-22)23-19(27)12-6-17(26)24(9-12)15-7-13(21)4-5-16(15)28-3/h4-5,7,12H,6,9H2,1-3H3,(H,23,27). The summed E-state index contributed by atoms with van der Waals surface area (Å²) in [7, 11) is 1.48. The number of carbonyl (C=O) groups excluding carboxylic acids is 3. The maximum Gasteiger partial charge on any atom is 0.232 e. The first kappa shape index (κ1) is 20.4. The van der Waals surface area contributed by atoms with Gasteiger partial charge in [-0.2, -0.15) is 5.26 Å². The quantitative estimate of drug-likeness (QED) is 0.749. The number of ether oxygens (including phenoxy) is 1. The average Bonchev–Trinajstić information content (AvgIpc) is 3.21. The molecule has 2 heterocycles. The van der Waals surface area contributed by atoms with E-state index in [9.17, 15) is 19.6 Å². The SMILES string of the molecule is COc1ccc(Cl)cc1N1CC(C(=O)Nc2oc(C)c(C(C)=O)c2C#N)CC1=O. The van der Waals surface area contributed by atoms with E-state index in [0.29, 0.717) is 16.5 Å². The van der Waals surface area contributed by atoms with Crippen molar-refractivity contribution in [1.29, 1.82) is 5.26 Å². The van der Waals surface area contributed by atoms with Crippen LogP contribution in [-0.4, -0.2) is 31.3 Å². The Bertz CT molecular complexity index is 1050. The van der Waals surface area contributed by atoms with Crippen LogP contribution in [0.5, 0.6) is 5.75 Å². The smallest absolute Gasteiger partial charge is 0.232 e. The van der Waals surface area contributed by atoms with Gasteiger partial charge in [0.15, 0.2) is 5.78 Å². The van der Waals surface area contributed by atoms with Gasteiger partial charge in [0.25, 0.3) is 0 Å². The second-order valence-electron chi connectivity index (χ2n) is 6.62. The summed E-state index contributed by atoms with van der Waals surface area (Å²) in [6, 6.07) is 6.78. The first-order valence-corrected chi connectivity index (χ1v) is 9.13. The number of halogens is 1. The summed E-state index contributed by atoms with van der Waals surface area (Å²) >= 11 is 6.04. The van der Waals surface area contributed by atoms with Gasteiger partial charge < -0.3 is 14.1 Å². The zero-order chi connectivity index (χ0) is 21.3. The zero-order valence-electron chi connectivity index (χ0n) is 16.0. The fourth-order valence-electron chi connectivity index (χ4n) is 3.37. The van der Waals surface area contributed by atoms with E-state index in [-0.39, 0.29) is 47.4 Å².